The maximum Gasteiger partial charge on any atom is 0.231 e. The number of nitrogens with two attached hydrogens (primary N) is 1. The summed E-state index contributed by atoms with van der Waals surface area (Å²) in [4.78, 5) is 4.40. The maximum absolute atomic E-state index is 5.67. The van der Waals surface area contributed by atoms with E-state index in [1.807, 2.05) is 18.2 Å². The van der Waals surface area contributed by atoms with Crippen LogP contribution >= 0.6 is 12.2 Å². The number of thiocarbonyl (C=S) groups is 1. The lowest BCUT2D eigenvalue weighted by Crippen LogP contribution is -2.12. The van der Waals surface area contributed by atoms with Crippen LogP contribution in [-0.4, -0.2) is 16.8 Å². The Labute approximate surface area is 121 Å². The lowest BCUT2D eigenvalue weighted by Gasteiger charge is -2.09. The second-order valence-corrected chi connectivity index (χ2v) is 4.64. The monoisotopic (exact) mass is 288 g/mol. The topological polar surface area (TPSA) is 66.6 Å². The van der Waals surface area contributed by atoms with Gasteiger partial charge in [-0.2, -0.15) is 0 Å². The Hall–Kier alpha value is -2.34. The van der Waals surface area contributed by atoms with Crippen LogP contribution in [0.3, 0.4) is 0 Å². The molecule has 1 aromatic heterocycles. The summed E-state index contributed by atoms with van der Waals surface area (Å²) < 4.78 is 16.2. The Bertz CT molecular complexity index is 661. The highest BCUT2D eigenvalue weighted by Gasteiger charge is 2.14. The minimum atomic E-state index is 0.255. The Balaban J connectivity index is 1.75. The molecule has 0 fully saturated rings. The van der Waals surface area contributed by atoms with Gasteiger partial charge in [-0.25, -0.2) is 4.98 Å². The molecule has 2 aromatic rings. The molecule has 0 atom stereocenters. The third-order valence-corrected chi connectivity index (χ3v) is 3.07. The average Bonchev–Trinajstić information content (AvgIpc) is 2.92. The van der Waals surface area contributed by atoms with Crippen molar-refractivity contribution >= 4 is 17.2 Å². The molecule has 20 heavy (non-hydrogen) atoms. The standard InChI is InChI=1S/C14H12N2O3S/c15-13(20)10-2-1-5-16-14(10)17-7-9-3-4-11-12(6-9)19-8-18-11/h1-6H,7-8H2,(H2,15,20). The van der Waals surface area contributed by atoms with Crippen molar-refractivity contribution in [3.8, 4) is 17.4 Å². The molecule has 0 aliphatic carbocycles. The second kappa shape index (κ2) is 5.34. The Kier molecular flexibility index (Phi) is 3.39. The van der Waals surface area contributed by atoms with Crippen molar-refractivity contribution in [3.05, 3.63) is 47.7 Å². The first-order valence-corrected chi connectivity index (χ1v) is 6.41. The molecule has 0 saturated carbocycles. The molecular weight excluding hydrogens is 276 g/mol. The summed E-state index contributed by atoms with van der Waals surface area (Å²) in [6.07, 6.45) is 1.64. The molecule has 2 N–H and O–H groups in total. The van der Waals surface area contributed by atoms with Crippen LogP contribution in [0.4, 0.5) is 0 Å². The molecule has 0 unspecified atom stereocenters. The van der Waals surface area contributed by atoms with Gasteiger partial charge in [0, 0.05) is 6.20 Å². The van der Waals surface area contributed by atoms with E-state index >= 15 is 0 Å². The SMILES string of the molecule is NC(=S)c1cccnc1OCc1ccc2c(c1)OCO2. The first kappa shape index (κ1) is 12.7. The number of pyridine rings is 1. The Morgan fingerprint density at radius 2 is 2.15 bits per heavy atom. The van der Waals surface area contributed by atoms with Crippen molar-refractivity contribution in [1.82, 2.24) is 4.98 Å². The molecule has 1 aromatic carbocycles. The zero-order valence-corrected chi connectivity index (χ0v) is 11.4. The zero-order valence-electron chi connectivity index (χ0n) is 10.5. The lowest BCUT2D eigenvalue weighted by molar-refractivity contribution is 0.174. The number of hydrogen-bond acceptors (Lipinski definition) is 5. The number of aromatic nitrogens is 1. The van der Waals surface area contributed by atoms with Crippen LogP contribution < -0.4 is 19.9 Å². The highest BCUT2D eigenvalue weighted by molar-refractivity contribution is 7.80. The summed E-state index contributed by atoms with van der Waals surface area (Å²) in [6, 6.07) is 9.20. The van der Waals surface area contributed by atoms with Crippen molar-refractivity contribution in [2.75, 3.05) is 6.79 Å². The van der Waals surface area contributed by atoms with Gasteiger partial charge in [0.25, 0.3) is 0 Å². The van der Waals surface area contributed by atoms with Gasteiger partial charge in [-0.15, -0.1) is 0 Å². The molecule has 5 nitrogen and oxygen atoms in total. The van der Waals surface area contributed by atoms with Crippen molar-refractivity contribution in [2.24, 2.45) is 5.73 Å². The van der Waals surface area contributed by atoms with Gasteiger partial charge in [0.15, 0.2) is 11.5 Å². The van der Waals surface area contributed by atoms with Crippen molar-refractivity contribution in [3.63, 3.8) is 0 Å². The normalized spacial score (nSPS) is 12.2. The van der Waals surface area contributed by atoms with Gasteiger partial charge < -0.3 is 19.9 Å². The summed E-state index contributed by atoms with van der Waals surface area (Å²) in [5.41, 5.74) is 7.21. The van der Waals surface area contributed by atoms with Crippen molar-refractivity contribution < 1.29 is 14.2 Å². The first-order chi connectivity index (χ1) is 9.74. The smallest absolute Gasteiger partial charge is 0.231 e. The van der Waals surface area contributed by atoms with Crippen molar-refractivity contribution in [1.29, 1.82) is 0 Å². The summed E-state index contributed by atoms with van der Waals surface area (Å²) in [5, 5.41) is 0. The summed E-state index contributed by atoms with van der Waals surface area (Å²) >= 11 is 4.97. The zero-order chi connectivity index (χ0) is 13.9. The molecule has 6 heteroatoms. The van der Waals surface area contributed by atoms with Gasteiger partial charge in [-0.3, -0.25) is 0 Å². The molecule has 3 rings (SSSR count). The van der Waals surface area contributed by atoms with E-state index in [-0.39, 0.29) is 11.8 Å². The summed E-state index contributed by atoms with van der Waals surface area (Å²) in [7, 11) is 0. The van der Waals surface area contributed by atoms with E-state index in [0.717, 1.165) is 17.1 Å². The third kappa shape index (κ3) is 2.50. The van der Waals surface area contributed by atoms with E-state index < -0.39 is 0 Å². The molecule has 1 aliphatic rings. The molecule has 102 valence electrons. The van der Waals surface area contributed by atoms with Gasteiger partial charge in [-0.1, -0.05) is 18.3 Å². The molecule has 2 heterocycles. The van der Waals surface area contributed by atoms with Crippen LogP contribution in [0.5, 0.6) is 17.4 Å². The molecule has 1 aliphatic heterocycles. The molecule has 0 amide bonds. The highest BCUT2D eigenvalue weighted by atomic mass is 32.1. The van der Waals surface area contributed by atoms with Crippen LogP contribution in [0.1, 0.15) is 11.1 Å². The van der Waals surface area contributed by atoms with E-state index in [1.54, 1.807) is 18.3 Å². The predicted molar refractivity (Wildman–Crippen MR) is 77.0 cm³/mol. The molecule has 0 saturated heterocycles. The van der Waals surface area contributed by atoms with Crippen LogP contribution in [0.25, 0.3) is 0 Å². The number of hydrogen-bond donors (Lipinski definition) is 1. The summed E-state index contributed by atoms with van der Waals surface area (Å²) in [5.74, 6) is 1.90. The Morgan fingerprint density at radius 1 is 1.30 bits per heavy atom. The molecular formula is C14H12N2O3S. The van der Waals surface area contributed by atoms with E-state index in [2.05, 4.69) is 4.98 Å². The molecule has 0 bridgehead atoms. The third-order valence-electron chi connectivity index (χ3n) is 2.85. The number of nitrogens with zero attached hydrogens (tertiary/aromatic N) is 1. The maximum atomic E-state index is 5.67. The van der Waals surface area contributed by atoms with Crippen LogP contribution in [-0.2, 0) is 6.61 Å². The van der Waals surface area contributed by atoms with Gasteiger partial charge in [-0.05, 0) is 29.8 Å². The minimum absolute atomic E-state index is 0.255. The fourth-order valence-corrected chi connectivity index (χ4v) is 2.03. The van der Waals surface area contributed by atoms with Crippen LogP contribution in [0.15, 0.2) is 36.5 Å². The van der Waals surface area contributed by atoms with Gasteiger partial charge in [0.05, 0.1) is 5.56 Å². The summed E-state index contributed by atoms with van der Waals surface area (Å²) in [6.45, 7) is 0.606. The van der Waals surface area contributed by atoms with Gasteiger partial charge in [0.1, 0.15) is 11.6 Å². The highest BCUT2D eigenvalue weighted by Crippen LogP contribution is 2.32. The van der Waals surface area contributed by atoms with E-state index in [9.17, 15) is 0 Å². The fraction of sp³-hybridized carbons (Fsp3) is 0.143. The quantitative estimate of drug-likeness (QED) is 0.868. The van der Waals surface area contributed by atoms with Crippen molar-refractivity contribution in [2.45, 2.75) is 6.61 Å². The van der Waals surface area contributed by atoms with E-state index in [0.29, 0.717) is 18.1 Å². The fourth-order valence-electron chi connectivity index (χ4n) is 1.88. The minimum Gasteiger partial charge on any atom is -0.472 e. The van der Waals surface area contributed by atoms with E-state index in [1.165, 1.54) is 0 Å². The Morgan fingerprint density at radius 3 is 3.00 bits per heavy atom. The van der Waals surface area contributed by atoms with Crippen LogP contribution in [0, 0.1) is 0 Å². The van der Waals surface area contributed by atoms with E-state index in [4.69, 9.17) is 32.2 Å². The predicted octanol–water partition coefficient (Wildman–Crippen LogP) is 2.02. The number of ether oxygens (including phenoxy) is 3. The largest absolute Gasteiger partial charge is 0.472 e. The van der Waals surface area contributed by atoms with Crippen LogP contribution in [0.2, 0.25) is 0 Å². The number of rotatable bonds is 4. The lowest BCUT2D eigenvalue weighted by atomic mass is 10.2. The average molecular weight is 288 g/mol. The molecule has 0 spiro atoms. The molecule has 0 radical (unpaired) electrons. The van der Waals surface area contributed by atoms with Gasteiger partial charge >= 0.3 is 0 Å². The first-order valence-electron chi connectivity index (χ1n) is 6.00. The second-order valence-electron chi connectivity index (χ2n) is 4.20. The number of benzene rings is 1. The van der Waals surface area contributed by atoms with Gasteiger partial charge in [0.2, 0.25) is 12.7 Å². The number of fused-ring (bicyclic) bond motifs is 1.